The zero-order chi connectivity index (χ0) is 19.7. The fourth-order valence-electron chi connectivity index (χ4n) is 3.51. The number of aromatic nitrogens is 1. The average molecular weight is 386 g/mol. The molecule has 0 fully saturated rings. The number of nitrogens with zero attached hydrogens (tertiary/aromatic N) is 2. The van der Waals surface area contributed by atoms with E-state index >= 15 is 0 Å². The summed E-state index contributed by atoms with van der Waals surface area (Å²) in [5.41, 5.74) is 4.55. The third kappa shape index (κ3) is 2.98. The molecule has 0 saturated heterocycles. The molecule has 0 spiro atoms. The largest absolute Gasteiger partial charge is 0.461 e. The Morgan fingerprint density at radius 1 is 1.14 bits per heavy atom. The van der Waals surface area contributed by atoms with E-state index in [1.165, 1.54) is 15.6 Å². The Balaban J connectivity index is 1.81. The van der Waals surface area contributed by atoms with Gasteiger partial charge in [-0.25, -0.2) is 4.79 Å². The monoisotopic (exact) mass is 386 g/mol. The van der Waals surface area contributed by atoms with Gasteiger partial charge in [-0.15, -0.1) is 11.3 Å². The predicted octanol–water partition coefficient (Wildman–Crippen LogP) is 5.62. The number of carbonyl (C=O) groups excluding carboxylic acids is 1. The van der Waals surface area contributed by atoms with Crippen LogP contribution in [0.2, 0.25) is 0 Å². The van der Waals surface area contributed by atoms with E-state index in [0.717, 1.165) is 11.1 Å². The molecule has 2 aromatic carbocycles. The van der Waals surface area contributed by atoms with Crippen LogP contribution in [-0.2, 0) is 11.8 Å². The highest BCUT2D eigenvalue weighted by molar-refractivity contribution is 7.17. The highest BCUT2D eigenvalue weighted by atomic mass is 32.1. The highest BCUT2D eigenvalue weighted by Crippen LogP contribution is 2.34. The van der Waals surface area contributed by atoms with Crippen LogP contribution in [-0.4, -0.2) is 17.1 Å². The van der Waals surface area contributed by atoms with Crippen LogP contribution in [0, 0.1) is 11.3 Å². The van der Waals surface area contributed by atoms with E-state index in [4.69, 9.17) is 4.74 Å². The minimum atomic E-state index is -0.423. The number of nitriles is 1. The summed E-state index contributed by atoms with van der Waals surface area (Å²) in [6.45, 7) is 2.06. The Labute approximate surface area is 167 Å². The van der Waals surface area contributed by atoms with Crippen LogP contribution >= 0.6 is 11.3 Å². The van der Waals surface area contributed by atoms with E-state index in [9.17, 15) is 10.1 Å². The molecule has 4 aromatic rings. The van der Waals surface area contributed by atoms with Gasteiger partial charge >= 0.3 is 5.97 Å². The lowest BCUT2D eigenvalue weighted by Gasteiger charge is -2.09. The summed E-state index contributed by atoms with van der Waals surface area (Å²) in [5.74, 6) is -0.423. The fourth-order valence-corrected chi connectivity index (χ4v) is 4.32. The van der Waals surface area contributed by atoms with Gasteiger partial charge in [0.1, 0.15) is 11.8 Å². The average Bonchev–Trinajstić information content (AvgIpc) is 3.32. The Morgan fingerprint density at radius 3 is 2.61 bits per heavy atom. The van der Waals surface area contributed by atoms with E-state index < -0.39 is 5.97 Å². The summed E-state index contributed by atoms with van der Waals surface area (Å²) in [4.78, 5) is 12.4. The summed E-state index contributed by atoms with van der Waals surface area (Å²) in [6, 6.07) is 18.6. The van der Waals surface area contributed by atoms with Gasteiger partial charge in [0.2, 0.25) is 0 Å². The van der Waals surface area contributed by atoms with E-state index in [0.29, 0.717) is 16.8 Å². The van der Waals surface area contributed by atoms with Gasteiger partial charge in [-0.2, -0.15) is 5.26 Å². The molecular weight excluding hydrogens is 368 g/mol. The van der Waals surface area contributed by atoms with Crippen LogP contribution in [0.3, 0.4) is 0 Å². The first-order valence-corrected chi connectivity index (χ1v) is 9.85. The molecule has 138 valence electrons. The maximum absolute atomic E-state index is 12.4. The first-order valence-electron chi connectivity index (χ1n) is 8.97. The number of ether oxygens (including phenoxy) is 1. The molecule has 0 saturated carbocycles. The molecule has 0 aliphatic rings. The Hall–Kier alpha value is -3.36. The van der Waals surface area contributed by atoms with Gasteiger partial charge in [0.05, 0.1) is 12.2 Å². The van der Waals surface area contributed by atoms with E-state index in [-0.39, 0.29) is 6.61 Å². The smallest absolute Gasteiger partial charge is 0.355 e. The minimum absolute atomic E-state index is 0.287. The molecule has 0 bridgehead atoms. The van der Waals surface area contributed by atoms with Crippen LogP contribution in [0.4, 0.5) is 0 Å². The standard InChI is InChI=1S/C23H18N2O2S/c1-3-27-23(26)22-21(17(13-24)14-25(22)2)16-9-7-15(8-10-16)18-5-4-6-20-19(18)11-12-28-20/h4-12,14H,3H2,1-2H3. The number of aryl methyl sites for hydroxylation is 1. The first-order chi connectivity index (χ1) is 13.6. The second kappa shape index (κ2) is 7.34. The summed E-state index contributed by atoms with van der Waals surface area (Å²) in [6.07, 6.45) is 1.67. The SMILES string of the molecule is CCOC(=O)c1c(-c2ccc(-c3cccc4sccc34)cc2)c(C#N)cn1C. The Bertz CT molecular complexity index is 1210. The van der Waals surface area contributed by atoms with Crippen LogP contribution < -0.4 is 0 Å². The molecule has 0 radical (unpaired) electrons. The number of carbonyl (C=O) groups is 1. The number of rotatable bonds is 4. The predicted molar refractivity (Wildman–Crippen MR) is 112 cm³/mol. The number of hydrogen-bond acceptors (Lipinski definition) is 4. The van der Waals surface area contributed by atoms with Gasteiger partial charge in [0, 0.05) is 28.9 Å². The molecule has 0 unspecified atom stereocenters. The molecule has 0 aliphatic carbocycles. The number of benzene rings is 2. The van der Waals surface area contributed by atoms with Crippen LogP contribution in [0.5, 0.6) is 0 Å². The van der Waals surface area contributed by atoms with Crippen molar-refractivity contribution in [3.63, 3.8) is 0 Å². The minimum Gasteiger partial charge on any atom is -0.461 e. The topological polar surface area (TPSA) is 55.0 Å². The molecule has 4 nitrogen and oxygen atoms in total. The third-order valence-corrected chi connectivity index (χ3v) is 5.63. The Morgan fingerprint density at radius 2 is 1.89 bits per heavy atom. The second-order valence-electron chi connectivity index (χ2n) is 6.42. The molecule has 28 heavy (non-hydrogen) atoms. The van der Waals surface area contributed by atoms with Gasteiger partial charge in [0.15, 0.2) is 0 Å². The molecule has 2 aromatic heterocycles. The zero-order valence-electron chi connectivity index (χ0n) is 15.6. The van der Waals surface area contributed by atoms with Crippen LogP contribution in [0.25, 0.3) is 32.3 Å². The number of fused-ring (bicyclic) bond motifs is 1. The summed E-state index contributed by atoms with van der Waals surface area (Å²) in [5, 5.41) is 12.9. The van der Waals surface area contributed by atoms with Crippen molar-refractivity contribution in [1.82, 2.24) is 4.57 Å². The van der Waals surface area contributed by atoms with E-state index in [1.807, 2.05) is 24.3 Å². The van der Waals surface area contributed by atoms with Crippen LogP contribution in [0.1, 0.15) is 23.0 Å². The van der Waals surface area contributed by atoms with Crippen LogP contribution in [0.15, 0.2) is 60.1 Å². The lowest BCUT2D eigenvalue weighted by atomic mass is 9.97. The summed E-state index contributed by atoms with van der Waals surface area (Å²) < 4.78 is 8.10. The normalized spacial score (nSPS) is 10.8. The van der Waals surface area contributed by atoms with Crippen molar-refractivity contribution in [2.75, 3.05) is 6.61 Å². The number of esters is 1. The van der Waals surface area contributed by atoms with Crippen molar-refractivity contribution < 1.29 is 9.53 Å². The third-order valence-electron chi connectivity index (χ3n) is 4.75. The highest BCUT2D eigenvalue weighted by Gasteiger charge is 2.22. The van der Waals surface area contributed by atoms with Crippen molar-refractivity contribution in [1.29, 1.82) is 5.26 Å². The fraction of sp³-hybridized carbons (Fsp3) is 0.130. The molecule has 2 heterocycles. The van der Waals surface area contributed by atoms with E-state index in [2.05, 4.69) is 35.7 Å². The van der Waals surface area contributed by atoms with Crippen molar-refractivity contribution in [2.24, 2.45) is 7.05 Å². The van der Waals surface area contributed by atoms with Crippen molar-refractivity contribution in [3.8, 4) is 28.3 Å². The molecule has 0 aliphatic heterocycles. The van der Waals surface area contributed by atoms with Gasteiger partial charge < -0.3 is 9.30 Å². The Kier molecular flexibility index (Phi) is 4.72. The maximum Gasteiger partial charge on any atom is 0.355 e. The lowest BCUT2D eigenvalue weighted by Crippen LogP contribution is -2.10. The zero-order valence-corrected chi connectivity index (χ0v) is 16.4. The number of hydrogen-bond donors (Lipinski definition) is 0. The van der Waals surface area contributed by atoms with Crippen molar-refractivity contribution in [3.05, 3.63) is 71.4 Å². The van der Waals surface area contributed by atoms with E-state index in [1.54, 1.807) is 36.1 Å². The van der Waals surface area contributed by atoms with Crippen molar-refractivity contribution >= 4 is 27.4 Å². The number of thiophene rings is 1. The molecule has 0 atom stereocenters. The van der Waals surface area contributed by atoms with Gasteiger partial charge in [-0.3, -0.25) is 0 Å². The molecule has 0 amide bonds. The molecule has 4 rings (SSSR count). The summed E-state index contributed by atoms with van der Waals surface area (Å²) >= 11 is 1.72. The van der Waals surface area contributed by atoms with Gasteiger partial charge in [-0.1, -0.05) is 36.4 Å². The quantitative estimate of drug-likeness (QED) is 0.428. The van der Waals surface area contributed by atoms with Gasteiger partial charge in [0.25, 0.3) is 0 Å². The lowest BCUT2D eigenvalue weighted by molar-refractivity contribution is 0.0516. The summed E-state index contributed by atoms with van der Waals surface area (Å²) in [7, 11) is 1.75. The first kappa shape index (κ1) is 18.0. The second-order valence-corrected chi connectivity index (χ2v) is 7.37. The maximum atomic E-state index is 12.4. The molecular formula is C23H18N2O2S. The molecule has 0 N–H and O–H groups in total. The molecule has 5 heteroatoms. The van der Waals surface area contributed by atoms with Crippen molar-refractivity contribution in [2.45, 2.75) is 6.92 Å². The van der Waals surface area contributed by atoms with Gasteiger partial charge in [-0.05, 0) is 41.1 Å².